The summed E-state index contributed by atoms with van der Waals surface area (Å²) in [6.07, 6.45) is 5.43. The van der Waals surface area contributed by atoms with E-state index in [9.17, 15) is 4.79 Å². The number of carbonyl (C=O) groups excluding carboxylic acids is 1. The topological polar surface area (TPSA) is 66.9 Å². The van der Waals surface area contributed by atoms with Crippen LogP contribution in [0.5, 0.6) is 0 Å². The summed E-state index contributed by atoms with van der Waals surface area (Å²) >= 11 is 0. The highest BCUT2D eigenvalue weighted by Crippen LogP contribution is 2.34. The average Bonchev–Trinajstić information content (AvgIpc) is 2.48. The van der Waals surface area contributed by atoms with Crippen LogP contribution in [0.25, 0.3) is 0 Å². The molecule has 0 bridgehead atoms. The third-order valence-electron chi connectivity index (χ3n) is 4.13. The second-order valence-corrected chi connectivity index (χ2v) is 6.64. The summed E-state index contributed by atoms with van der Waals surface area (Å²) in [4.78, 5) is 12.2. The number of carbonyl (C=O) groups is 1. The zero-order chi connectivity index (χ0) is 15.3. The summed E-state index contributed by atoms with van der Waals surface area (Å²) in [5, 5.41) is 14.3. The summed E-state index contributed by atoms with van der Waals surface area (Å²) in [5.41, 5.74) is 0.801. The number of aromatic nitrogens is 2. The molecule has 0 atom stereocenters. The Morgan fingerprint density at radius 1 is 1.29 bits per heavy atom. The minimum Gasteiger partial charge on any atom is -0.369 e. The summed E-state index contributed by atoms with van der Waals surface area (Å²) in [5.74, 6) is 0.599. The molecule has 1 heterocycles. The van der Waals surface area contributed by atoms with Crippen molar-refractivity contribution in [1.29, 1.82) is 0 Å². The number of rotatable bonds is 5. The summed E-state index contributed by atoms with van der Waals surface area (Å²) in [6.45, 7) is 7.53. The largest absolute Gasteiger partial charge is 0.369 e. The molecule has 0 aromatic carbocycles. The van der Waals surface area contributed by atoms with Crippen molar-refractivity contribution < 1.29 is 4.79 Å². The normalized spacial score (nSPS) is 18.2. The molecule has 116 valence electrons. The molecule has 1 aromatic heterocycles. The van der Waals surface area contributed by atoms with Gasteiger partial charge >= 0.3 is 0 Å². The first-order chi connectivity index (χ1) is 10.00. The van der Waals surface area contributed by atoms with E-state index < -0.39 is 0 Å². The Labute approximate surface area is 126 Å². The molecule has 5 nitrogen and oxygen atoms in total. The molecule has 0 radical (unpaired) electrons. The van der Waals surface area contributed by atoms with E-state index in [1.807, 2.05) is 6.07 Å². The van der Waals surface area contributed by atoms with Crippen LogP contribution in [0.15, 0.2) is 12.1 Å². The van der Waals surface area contributed by atoms with Crippen LogP contribution in [0.2, 0.25) is 0 Å². The SMILES string of the molecule is CCCNc1ccc(C(=O)NC2CCC(C)(C)CC2)nn1. The molecule has 1 aliphatic rings. The van der Waals surface area contributed by atoms with Gasteiger partial charge in [0.1, 0.15) is 5.82 Å². The number of hydrogen-bond donors (Lipinski definition) is 2. The van der Waals surface area contributed by atoms with E-state index in [0.717, 1.165) is 38.6 Å². The lowest BCUT2D eigenvalue weighted by atomic mass is 9.75. The van der Waals surface area contributed by atoms with Crippen LogP contribution in [-0.2, 0) is 0 Å². The molecule has 1 fully saturated rings. The van der Waals surface area contributed by atoms with E-state index in [1.165, 1.54) is 0 Å². The van der Waals surface area contributed by atoms with Crippen molar-refractivity contribution in [3.05, 3.63) is 17.8 Å². The molecule has 1 aliphatic carbocycles. The van der Waals surface area contributed by atoms with Crippen LogP contribution in [0.4, 0.5) is 5.82 Å². The minimum atomic E-state index is -0.116. The summed E-state index contributed by atoms with van der Waals surface area (Å²) in [7, 11) is 0. The molecule has 0 spiro atoms. The van der Waals surface area contributed by atoms with Crippen molar-refractivity contribution in [2.24, 2.45) is 5.41 Å². The molecule has 1 amide bonds. The van der Waals surface area contributed by atoms with Crippen molar-refractivity contribution in [2.75, 3.05) is 11.9 Å². The number of amides is 1. The number of nitrogens with zero attached hydrogens (tertiary/aromatic N) is 2. The maximum Gasteiger partial charge on any atom is 0.272 e. The zero-order valence-electron chi connectivity index (χ0n) is 13.3. The monoisotopic (exact) mass is 290 g/mol. The highest BCUT2D eigenvalue weighted by molar-refractivity contribution is 5.92. The van der Waals surface area contributed by atoms with Crippen LogP contribution in [0.1, 0.15) is 63.4 Å². The average molecular weight is 290 g/mol. The lowest BCUT2D eigenvalue weighted by Gasteiger charge is -2.34. The Hall–Kier alpha value is -1.65. The van der Waals surface area contributed by atoms with Gasteiger partial charge in [-0.1, -0.05) is 20.8 Å². The lowest BCUT2D eigenvalue weighted by molar-refractivity contribution is 0.0903. The molecule has 0 aliphatic heterocycles. The maximum atomic E-state index is 12.2. The Bertz CT molecular complexity index is 460. The fourth-order valence-electron chi connectivity index (χ4n) is 2.60. The van der Waals surface area contributed by atoms with Crippen molar-refractivity contribution in [2.45, 2.75) is 58.9 Å². The van der Waals surface area contributed by atoms with Crippen molar-refractivity contribution in [3.8, 4) is 0 Å². The Balaban J connectivity index is 1.86. The van der Waals surface area contributed by atoms with E-state index in [4.69, 9.17) is 0 Å². The van der Waals surface area contributed by atoms with Crippen LogP contribution in [0, 0.1) is 5.41 Å². The van der Waals surface area contributed by atoms with Gasteiger partial charge in [-0.3, -0.25) is 4.79 Å². The second-order valence-electron chi connectivity index (χ2n) is 6.64. The molecule has 21 heavy (non-hydrogen) atoms. The van der Waals surface area contributed by atoms with Gasteiger partial charge in [-0.15, -0.1) is 10.2 Å². The highest BCUT2D eigenvalue weighted by atomic mass is 16.2. The number of nitrogens with one attached hydrogen (secondary N) is 2. The Morgan fingerprint density at radius 2 is 2.00 bits per heavy atom. The zero-order valence-corrected chi connectivity index (χ0v) is 13.3. The predicted octanol–water partition coefficient (Wildman–Crippen LogP) is 3.00. The fourth-order valence-corrected chi connectivity index (χ4v) is 2.60. The van der Waals surface area contributed by atoms with Crippen molar-refractivity contribution >= 4 is 11.7 Å². The quantitative estimate of drug-likeness (QED) is 0.875. The van der Waals surface area contributed by atoms with Crippen LogP contribution in [0.3, 0.4) is 0 Å². The van der Waals surface area contributed by atoms with Gasteiger partial charge in [0.15, 0.2) is 5.69 Å². The van der Waals surface area contributed by atoms with Gasteiger partial charge < -0.3 is 10.6 Å². The third kappa shape index (κ3) is 4.69. The van der Waals surface area contributed by atoms with Gasteiger partial charge in [0.2, 0.25) is 0 Å². The molecule has 2 rings (SSSR count). The standard InChI is InChI=1S/C16H26N4O/c1-4-11-17-14-6-5-13(19-20-14)15(21)18-12-7-9-16(2,3)10-8-12/h5-6,12H,4,7-11H2,1-3H3,(H,17,20)(H,18,21). The number of hydrogen-bond acceptors (Lipinski definition) is 4. The van der Waals surface area contributed by atoms with Gasteiger partial charge in [-0.2, -0.15) is 0 Å². The Kier molecular flexibility index (Phi) is 5.15. The van der Waals surface area contributed by atoms with E-state index in [0.29, 0.717) is 16.9 Å². The second kappa shape index (κ2) is 6.87. The molecule has 1 aromatic rings. The lowest BCUT2D eigenvalue weighted by Crippen LogP contribution is -2.39. The highest BCUT2D eigenvalue weighted by Gasteiger charge is 2.27. The summed E-state index contributed by atoms with van der Waals surface area (Å²) < 4.78 is 0. The van der Waals surface area contributed by atoms with E-state index >= 15 is 0 Å². The van der Waals surface area contributed by atoms with Crippen LogP contribution in [-0.4, -0.2) is 28.7 Å². The minimum absolute atomic E-state index is 0.116. The van der Waals surface area contributed by atoms with Crippen molar-refractivity contribution in [1.82, 2.24) is 15.5 Å². The molecular formula is C16H26N4O. The first-order valence-corrected chi connectivity index (χ1v) is 7.88. The van der Waals surface area contributed by atoms with E-state index in [2.05, 4.69) is 41.6 Å². The third-order valence-corrected chi connectivity index (χ3v) is 4.13. The summed E-state index contributed by atoms with van der Waals surface area (Å²) in [6, 6.07) is 3.81. The predicted molar refractivity (Wildman–Crippen MR) is 84.3 cm³/mol. The molecule has 0 saturated heterocycles. The molecular weight excluding hydrogens is 264 g/mol. The smallest absolute Gasteiger partial charge is 0.272 e. The van der Waals surface area contributed by atoms with Gasteiger partial charge in [0.25, 0.3) is 5.91 Å². The van der Waals surface area contributed by atoms with Crippen LogP contribution < -0.4 is 10.6 Å². The van der Waals surface area contributed by atoms with Crippen molar-refractivity contribution in [3.63, 3.8) is 0 Å². The molecule has 0 unspecified atom stereocenters. The first kappa shape index (κ1) is 15.7. The Morgan fingerprint density at radius 3 is 2.57 bits per heavy atom. The fraction of sp³-hybridized carbons (Fsp3) is 0.688. The van der Waals surface area contributed by atoms with E-state index in [1.54, 1.807) is 6.07 Å². The first-order valence-electron chi connectivity index (χ1n) is 7.88. The van der Waals surface area contributed by atoms with Gasteiger partial charge in [-0.05, 0) is 49.7 Å². The van der Waals surface area contributed by atoms with Gasteiger partial charge in [-0.25, -0.2) is 0 Å². The maximum absolute atomic E-state index is 12.2. The van der Waals surface area contributed by atoms with Crippen LogP contribution >= 0.6 is 0 Å². The van der Waals surface area contributed by atoms with E-state index in [-0.39, 0.29) is 11.9 Å². The van der Waals surface area contributed by atoms with Gasteiger partial charge in [0.05, 0.1) is 0 Å². The number of anilines is 1. The molecule has 2 N–H and O–H groups in total. The molecule has 5 heteroatoms. The van der Waals surface area contributed by atoms with Gasteiger partial charge in [0, 0.05) is 12.6 Å². The molecule has 1 saturated carbocycles.